The first kappa shape index (κ1) is 11.0. The van der Waals surface area contributed by atoms with E-state index in [1.165, 1.54) is 6.07 Å². The number of nitrogens with one attached hydrogen (secondary N) is 1. The molecule has 0 aliphatic carbocycles. The molecule has 2 aromatic rings. The van der Waals surface area contributed by atoms with Gasteiger partial charge in [0.2, 0.25) is 0 Å². The number of carbonyl (C=O) groups is 1. The highest BCUT2D eigenvalue weighted by Crippen LogP contribution is 2.26. The maximum Gasteiger partial charge on any atom is 0.337 e. The van der Waals surface area contributed by atoms with Crippen molar-refractivity contribution in [3.8, 4) is 0 Å². The predicted molar refractivity (Wildman–Crippen MR) is 64.3 cm³/mol. The van der Waals surface area contributed by atoms with E-state index in [0.29, 0.717) is 17.2 Å². The van der Waals surface area contributed by atoms with Crippen LogP contribution < -0.4 is 11.1 Å². The van der Waals surface area contributed by atoms with Crippen LogP contribution in [-0.2, 0) is 7.05 Å². The number of anilines is 3. The van der Waals surface area contributed by atoms with E-state index in [0.717, 1.165) is 0 Å². The Morgan fingerprint density at radius 2 is 2.24 bits per heavy atom. The molecule has 1 aromatic heterocycles. The number of aromatic nitrogens is 2. The molecule has 0 bridgehead atoms. The lowest BCUT2D eigenvalue weighted by Crippen LogP contribution is -2.06. The number of aryl methyl sites for hydroxylation is 1. The predicted octanol–water partition coefficient (Wildman–Crippen LogP) is 1.44. The smallest absolute Gasteiger partial charge is 0.337 e. The fraction of sp³-hybridized carbons (Fsp3) is 0.0909. The molecule has 6 heteroatoms. The Labute approximate surface area is 97.7 Å². The summed E-state index contributed by atoms with van der Waals surface area (Å²) in [5.74, 6) is -0.483. The summed E-state index contributed by atoms with van der Waals surface area (Å²) in [6.45, 7) is 0. The molecular formula is C11H12N4O2. The average Bonchev–Trinajstić information content (AvgIpc) is 2.67. The largest absolute Gasteiger partial charge is 0.478 e. The highest BCUT2D eigenvalue weighted by molar-refractivity contribution is 5.98. The summed E-state index contributed by atoms with van der Waals surface area (Å²) in [6, 6.07) is 6.46. The van der Waals surface area contributed by atoms with Crippen molar-refractivity contribution in [3.63, 3.8) is 0 Å². The fourth-order valence-corrected chi connectivity index (χ4v) is 1.50. The third kappa shape index (κ3) is 2.20. The van der Waals surface area contributed by atoms with Gasteiger partial charge in [-0.1, -0.05) is 6.07 Å². The van der Waals surface area contributed by atoms with Gasteiger partial charge in [-0.15, -0.1) is 0 Å². The number of benzene rings is 1. The van der Waals surface area contributed by atoms with Crippen LogP contribution in [0.5, 0.6) is 0 Å². The van der Waals surface area contributed by atoms with Gasteiger partial charge < -0.3 is 16.2 Å². The van der Waals surface area contributed by atoms with Crippen molar-refractivity contribution in [2.45, 2.75) is 0 Å². The van der Waals surface area contributed by atoms with E-state index in [2.05, 4.69) is 10.4 Å². The zero-order valence-electron chi connectivity index (χ0n) is 9.21. The summed E-state index contributed by atoms with van der Waals surface area (Å²) in [5, 5.41) is 16.1. The maximum absolute atomic E-state index is 11.0. The standard InChI is InChI=1S/C11H12N4O2/c1-15-6-5-9(14-15)13-10-7(11(16)17)3-2-4-8(10)12/h2-6H,12H2,1H3,(H,13,14)(H,16,17). The molecule has 6 nitrogen and oxygen atoms in total. The molecule has 1 heterocycles. The van der Waals surface area contributed by atoms with Crippen molar-refractivity contribution >= 4 is 23.2 Å². The van der Waals surface area contributed by atoms with Crippen LogP contribution >= 0.6 is 0 Å². The Balaban J connectivity index is 2.40. The molecule has 0 saturated carbocycles. The number of nitrogens with two attached hydrogens (primary N) is 1. The normalized spacial score (nSPS) is 10.2. The lowest BCUT2D eigenvalue weighted by atomic mass is 10.1. The second-order valence-electron chi connectivity index (χ2n) is 3.57. The van der Waals surface area contributed by atoms with Gasteiger partial charge in [0.15, 0.2) is 5.82 Å². The Hall–Kier alpha value is -2.50. The number of para-hydroxylation sites is 1. The molecule has 0 spiro atoms. The van der Waals surface area contributed by atoms with Crippen molar-refractivity contribution in [3.05, 3.63) is 36.0 Å². The second-order valence-corrected chi connectivity index (χ2v) is 3.57. The number of carboxylic acids is 1. The van der Waals surface area contributed by atoms with Gasteiger partial charge in [0.05, 0.1) is 16.9 Å². The lowest BCUT2D eigenvalue weighted by Gasteiger charge is -2.09. The molecule has 88 valence electrons. The molecule has 4 N–H and O–H groups in total. The Kier molecular flexibility index (Phi) is 2.70. The first-order valence-electron chi connectivity index (χ1n) is 4.96. The van der Waals surface area contributed by atoms with Crippen molar-refractivity contribution < 1.29 is 9.90 Å². The first-order chi connectivity index (χ1) is 8.08. The minimum atomic E-state index is -1.03. The van der Waals surface area contributed by atoms with Crippen LogP contribution in [0, 0.1) is 0 Å². The summed E-state index contributed by atoms with van der Waals surface area (Å²) < 4.78 is 1.61. The number of rotatable bonds is 3. The molecule has 0 aliphatic rings. The molecule has 0 unspecified atom stereocenters. The van der Waals surface area contributed by atoms with Gasteiger partial charge in [-0.25, -0.2) is 4.79 Å². The van der Waals surface area contributed by atoms with Crippen LogP contribution in [0.2, 0.25) is 0 Å². The highest BCUT2D eigenvalue weighted by Gasteiger charge is 2.13. The second kappa shape index (κ2) is 4.17. The number of hydrogen-bond donors (Lipinski definition) is 3. The first-order valence-corrected chi connectivity index (χ1v) is 4.96. The van der Waals surface area contributed by atoms with Gasteiger partial charge >= 0.3 is 5.97 Å². The molecule has 17 heavy (non-hydrogen) atoms. The quantitative estimate of drug-likeness (QED) is 0.696. The Morgan fingerprint density at radius 1 is 1.47 bits per heavy atom. The zero-order chi connectivity index (χ0) is 12.4. The molecular weight excluding hydrogens is 220 g/mol. The number of nitrogens with zero attached hydrogens (tertiary/aromatic N) is 2. The third-order valence-corrected chi connectivity index (χ3v) is 2.29. The van der Waals surface area contributed by atoms with Crippen molar-refractivity contribution in [1.82, 2.24) is 9.78 Å². The van der Waals surface area contributed by atoms with Gasteiger partial charge in [-0.2, -0.15) is 5.10 Å². The summed E-state index contributed by atoms with van der Waals surface area (Å²) >= 11 is 0. The summed E-state index contributed by atoms with van der Waals surface area (Å²) in [7, 11) is 1.78. The highest BCUT2D eigenvalue weighted by atomic mass is 16.4. The Bertz CT molecular complexity index is 562. The van der Waals surface area contributed by atoms with Gasteiger partial charge in [-0.05, 0) is 12.1 Å². The third-order valence-electron chi connectivity index (χ3n) is 2.29. The zero-order valence-corrected chi connectivity index (χ0v) is 9.21. The number of aromatic carboxylic acids is 1. The molecule has 0 radical (unpaired) electrons. The van der Waals surface area contributed by atoms with Crippen LogP contribution in [0.15, 0.2) is 30.5 Å². The van der Waals surface area contributed by atoms with Crippen molar-refractivity contribution in [2.75, 3.05) is 11.1 Å². The minimum Gasteiger partial charge on any atom is -0.478 e. The summed E-state index contributed by atoms with van der Waals surface area (Å²) in [4.78, 5) is 11.0. The number of nitrogen functional groups attached to an aromatic ring is 1. The van der Waals surface area contributed by atoms with E-state index >= 15 is 0 Å². The fourth-order valence-electron chi connectivity index (χ4n) is 1.50. The van der Waals surface area contributed by atoms with E-state index in [-0.39, 0.29) is 5.56 Å². The van der Waals surface area contributed by atoms with E-state index < -0.39 is 5.97 Å². The SMILES string of the molecule is Cn1ccc(Nc2c(N)cccc2C(=O)O)n1. The Morgan fingerprint density at radius 3 is 2.82 bits per heavy atom. The summed E-state index contributed by atoms with van der Waals surface area (Å²) in [5.41, 5.74) is 6.61. The number of hydrogen-bond acceptors (Lipinski definition) is 4. The topological polar surface area (TPSA) is 93.2 Å². The molecule has 1 aromatic carbocycles. The monoisotopic (exact) mass is 232 g/mol. The minimum absolute atomic E-state index is 0.121. The van der Waals surface area contributed by atoms with Crippen LogP contribution in [0.3, 0.4) is 0 Å². The van der Waals surface area contributed by atoms with Crippen molar-refractivity contribution in [1.29, 1.82) is 0 Å². The molecule has 0 aliphatic heterocycles. The molecule has 0 atom stereocenters. The molecule has 0 saturated heterocycles. The average molecular weight is 232 g/mol. The van der Waals surface area contributed by atoms with Crippen LogP contribution in [0.1, 0.15) is 10.4 Å². The number of carboxylic acid groups (broad SMARTS) is 1. The van der Waals surface area contributed by atoms with Crippen LogP contribution in [0.4, 0.5) is 17.2 Å². The molecule has 2 rings (SSSR count). The van der Waals surface area contributed by atoms with E-state index in [1.54, 1.807) is 36.1 Å². The van der Waals surface area contributed by atoms with Crippen molar-refractivity contribution in [2.24, 2.45) is 7.05 Å². The van der Waals surface area contributed by atoms with E-state index in [9.17, 15) is 4.79 Å². The van der Waals surface area contributed by atoms with Crippen LogP contribution in [0.25, 0.3) is 0 Å². The van der Waals surface area contributed by atoms with Gasteiger partial charge in [0.1, 0.15) is 0 Å². The molecule has 0 fully saturated rings. The van der Waals surface area contributed by atoms with Crippen LogP contribution in [-0.4, -0.2) is 20.9 Å². The summed E-state index contributed by atoms with van der Waals surface area (Å²) in [6.07, 6.45) is 1.75. The maximum atomic E-state index is 11.0. The van der Waals surface area contributed by atoms with E-state index in [1.807, 2.05) is 0 Å². The molecule has 0 amide bonds. The van der Waals surface area contributed by atoms with Gasteiger partial charge in [-0.3, -0.25) is 4.68 Å². The van der Waals surface area contributed by atoms with Gasteiger partial charge in [0.25, 0.3) is 0 Å². The lowest BCUT2D eigenvalue weighted by molar-refractivity contribution is 0.0698. The van der Waals surface area contributed by atoms with E-state index in [4.69, 9.17) is 10.8 Å². The van der Waals surface area contributed by atoms with Gasteiger partial charge in [0, 0.05) is 19.3 Å².